The maximum Gasteiger partial charge on any atom is 0.0971 e. The molecule has 0 radical (unpaired) electrons. The van der Waals surface area contributed by atoms with Gasteiger partial charge in [0.2, 0.25) is 0 Å². The van der Waals surface area contributed by atoms with Crippen LogP contribution in [0.2, 0.25) is 5.02 Å². The van der Waals surface area contributed by atoms with E-state index in [-0.39, 0.29) is 6.61 Å². The summed E-state index contributed by atoms with van der Waals surface area (Å²) in [6, 6.07) is 7.40. The molecule has 2 aromatic rings. The molecule has 1 N–H and O–H groups in total. The average Bonchev–Trinajstić information content (AvgIpc) is 2.94. The highest BCUT2D eigenvalue weighted by atomic mass is 35.5. The summed E-state index contributed by atoms with van der Waals surface area (Å²) in [5.41, 5.74) is 1.75. The van der Waals surface area contributed by atoms with Crippen LogP contribution < -0.4 is 0 Å². The molecule has 0 amide bonds. The minimum absolute atomic E-state index is 0.106. The Morgan fingerprint density at radius 3 is 2.71 bits per heavy atom. The number of rotatable bonds is 8. The molecule has 0 unspecified atom stereocenters. The summed E-state index contributed by atoms with van der Waals surface area (Å²) >= 11 is 5.87. The molecule has 6 nitrogen and oxygen atoms in total. The van der Waals surface area contributed by atoms with Gasteiger partial charge in [-0.3, -0.25) is 4.90 Å². The van der Waals surface area contributed by atoms with E-state index in [9.17, 15) is 0 Å². The number of methoxy groups -OCH3 is 1. The van der Waals surface area contributed by atoms with Crippen molar-refractivity contribution in [3.63, 3.8) is 0 Å². The topological polar surface area (TPSA) is 63.4 Å². The number of hydrogen-bond donors (Lipinski definition) is 1. The van der Waals surface area contributed by atoms with E-state index in [2.05, 4.69) is 15.2 Å². The van der Waals surface area contributed by atoms with Gasteiger partial charge in [-0.1, -0.05) is 16.8 Å². The molecule has 0 spiro atoms. The molecule has 1 aromatic heterocycles. The van der Waals surface area contributed by atoms with Crippen molar-refractivity contribution in [2.75, 3.05) is 33.4 Å². The van der Waals surface area contributed by atoms with Crippen LogP contribution in [0.4, 0.5) is 0 Å². The molecular weight excluding hydrogens is 292 g/mol. The second kappa shape index (κ2) is 8.09. The zero-order valence-electron chi connectivity index (χ0n) is 11.9. The van der Waals surface area contributed by atoms with E-state index in [1.54, 1.807) is 11.8 Å². The number of aliphatic hydroxyl groups excluding tert-OH is 1. The summed E-state index contributed by atoms with van der Waals surface area (Å²) in [6.45, 7) is 2.67. The lowest BCUT2D eigenvalue weighted by molar-refractivity contribution is 0.126. The van der Waals surface area contributed by atoms with Crippen LogP contribution in [0.1, 0.15) is 5.69 Å². The Morgan fingerprint density at radius 1 is 1.29 bits per heavy atom. The third kappa shape index (κ3) is 4.78. The normalized spacial score (nSPS) is 11.2. The van der Waals surface area contributed by atoms with E-state index >= 15 is 0 Å². The van der Waals surface area contributed by atoms with Crippen LogP contribution in [0.5, 0.6) is 0 Å². The summed E-state index contributed by atoms with van der Waals surface area (Å²) < 4.78 is 6.77. The SMILES string of the molecule is COCCN(CCO)Cc1cn(-c2ccc(Cl)cc2)nn1. The van der Waals surface area contributed by atoms with Gasteiger partial charge in [0.05, 0.1) is 30.8 Å². The molecule has 0 aliphatic heterocycles. The largest absolute Gasteiger partial charge is 0.395 e. The second-order valence-electron chi connectivity index (χ2n) is 4.62. The van der Waals surface area contributed by atoms with E-state index in [0.717, 1.165) is 17.9 Å². The van der Waals surface area contributed by atoms with Crippen molar-refractivity contribution in [2.24, 2.45) is 0 Å². The molecular formula is C14H19ClN4O2. The van der Waals surface area contributed by atoms with Crippen LogP contribution in [0.15, 0.2) is 30.5 Å². The number of hydrogen-bond acceptors (Lipinski definition) is 5. The molecule has 114 valence electrons. The molecule has 1 aromatic carbocycles. The molecule has 21 heavy (non-hydrogen) atoms. The Kier molecular flexibility index (Phi) is 6.13. The number of aromatic nitrogens is 3. The van der Waals surface area contributed by atoms with Gasteiger partial charge in [0.15, 0.2) is 0 Å². The van der Waals surface area contributed by atoms with E-state index in [4.69, 9.17) is 21.4 Å². The minimum atomic E-state index is 0.106. The van der Waals surface area contributed by atoms with Crippen molar-refractivity contribution in [2.45, 2.75) is 6.54 Å². The van der Waals surface area contributed by atoms with Gasteiger partial charge in [-0.05, 0) is 24.3 Å². The van der Waals surface area contributed by atoms with Crippen LogP contribution in [-0.4, -0.2) is 58.4 Å². The molecule has 0 bridgehead atoms. The van der Waals surface area contributed by atoms with Gasteiger partial charge in [0, 0.05) is 31.8 Å². The van der Waals surface area contributed by atoms with Gasteiger partial charge >= 0.3 is 0 Å². The van der Waals surface area contributed by atoms with Crippen LogP contribution >= 0.6 is 11.6 Å². The molecule has 7 heteroatoms. The van der Waals surface area contributed by atoms with Gasteiger partial charge < -0.3 is 9.84 Å². The Bertz CT molecular complexity index is 544. The summed E-state index contributed by atoms with van der Waals surface area (Å²) in [4.78, 5) is 2.07. The molecule has 0 atom stereocenters. The monoisotopic (exact) mass is 310 g/mol. The van der Waals surface area contributed by atoms with Crippen LogP contribution in [0.3, 0.4) is 0 Å². The van der Waals surface area contributed by atoms with E-state index in [1.165, 1.54) is 0 Å². The third-order valence-electron chi connectivity index (χ3n) is 3.05. The second-order valence-corrected chi connectivity index (χ2v) is 5.06. The number of ether oxygens (including phenoxy) is 1. The predicted octanol–water partition coefficient (Wildman–Crippen LogP) is 1.36. The summed E-state index contributed by atoms with van der Waals surface area (Å²) in [5, 5.41) is 18.0. The number of aliphatic hydroxyl groups is 1. The molecule has 2 rings (SSSR count). The van der Waals surface area contributed by atoms with Gasteiger partial charge in [-0.15, -0.1) is 5.10 Å². The highest BCUT2D eigenvalue weighted by Crippen LogP contribution is 2.13. The van der Waals surface area contributed by atoms with Crippen molar-refractivity contribution < 1.29 is 9.84 Å². The van der Waals surface area contributed by atoms with Crippen molar-refractivity contribution >= 4 is 11.6 Å². The smallest absolute Gasteiger partial charge is 0.0971 e. The van der Waals surface area contributed by atoms with E-state index < -0.39 is 0 Å². The predicted molar refractivity (Wildman–Crippen MR) is 80.6 cm³/mol. The summed E-state index contributed by atoms with van der Waals surface area (Å²) in [6.07, 6.45) is 1.88. The fourth-order valence-electron chi connectivity index (χ4n) is 1.95. The number of nitrogens with zero attached hydrogens (tertiary/aromatic N) is 4. The maximum atomic E-state index is 9.09. The zero-order valence-corrected chi connectivity index (χ0v) is 12.7. The number of halogens is 1. The van der Waals surface area contributed by atoms with Gasteiger partial charge in [-0.25, -0.2) is 4.68 Å². The van der Waals surface area contributed by atoms with E-state index in [0.29, 0.717) is 24.7 Å². The fourth-order valence-corrected chi connectivity index (χ4v) is 2.08. The molecule has 0 aliphatic carbocycles. The maximum absolute atomic E-state index is 9.09. The third-order valence-corrected chi connectivity index (χ3v) is 3.30. The molecule has 0 fully saturated rings. The first-order valence-corrected chi connectivity index (χ1v) is 7.10. The summed E-state index contributed by atoms with van der Waals surface area (Å²) in [7, 11) is 1.66. The standard InChI is InChI=1S/C14H19ClN4O2/c1-21-9-7-18(6-8-20)10-13-11-19(17-16-13)14-4-2-12(15)3-5-14/h2-5,11,20H,6-10H2,1H3. The Balaban J connectivity index is 2.02. The number of benzene rings is 1. The van der Waals surface area contributed by atoms with Crippen LogP contribution in [0, 0.1) is 0 Å². The lowest BCUT2D eigenvalue weighted by Crippen LogP contribution is -2.30. The summed E-state index contributed by atoms with van der Waals surface area (Å²) in [5.74, 6) is 0. The first-order valence-electron chi connectivity index (χ1n) is 6.72. The fraction of sp³-hybridized carbons (Fsp3) is 0.429. The first kappa shape index (κ1) is 15.9. The lowest BCUT2D eigenvalue weighted by Gasteiger charge is -2.19. The lowest BCUT2D eigenvalue weighted by atomic mass is 10.3. The van der Waals surface area contributed by atoms with Gasteiger partial charge in [0.25, 0.3) is 0 Å². The Morgan fingerprint density at radius 2 is 2.05 bits per heavy atom. The first-order chi connectivity index (χ1) is 10.2. The van der Waals surface area contributed by atoms with Crippen molar-refractivity contribution in [3.05, 3.63) is 41.2 Å². The molecule has 0 aliphatic rings. The van der Waals surface area contributed by atoms with E-state index in [1.807, 2.05) is 30.5 Å². The van der Waals surface area contributed by atoms with Gasteiger partial charge in [0.1, 0.15) is 0 Å². The van der Waals surface area contributed by atoms with Crippen molar-refractivity contribution in [1.82, 2.24) is 19.9 Å². The highest BCUT2D eigenvalue weighted by molar-refractivity contribution is 6.30. The van der Waals surface area contributed by atoms with Crippen LogP contribution in [-0.2, 0) is 11.3 Å². The average molecular weight is 311 g/mol. The van der Waals surface area contributed by atoms with Crippen molar-refractivity contribution in [1.29, 1.82) is 0 Å². The van der Waals surface area contributed by atoms with Crippen LogP contribution in [0.25, 0.3) is 5.69 Å². The van der Waals surface area contributed by atoms with Crippen molar-refractivity contribution in [3.8, 4) is 5.69 Å². The molecule has 0 saturated heterocycles. The Hall–Kier alpha value is -1.47. The minimum Gasteiger partial charge on any atom is -0.395 e. The zero-order chi connectivity index (χ0) is 15.1. The highest BCUT2D eigenvalue weighted by Gasteiger charge is 2.09. The van der Waals surface area contributed by atoms with Gasteiger partial charge in [-0.2, -0.15) is 0 Å². The molecule has 1 heterocycles. The quantitative estimate of drug-likeness (QED) is 0.797. The Labute approximate surface area is 128 Å². The molecule has 0 saturated carbocycles.